The van der Waals surface area contributed by atoms with Crippen molar-refractivity contribution in [2.75, 3.05) is 5.73 Å². The predicted octanol–water partition coefficient (Wildman–Crippen LogP) is 2.57. The summed E-state index contributed by atoms with van der Waals surface area (Å²) in [5.41, 5.74) is 6.63. The molecule has 0 saturated carbocycles. The van der Waals surface area contributed by atoms with Crippen LogP contribution in [0.4, 0.5) is 5.13 Å². The van der Waals surface area contributed by atoms with Gasteiger partial charge in [-0.2, -0.15) is 0 Å². The lowest BCUT2D eigenvalue weighted by Crippen LogP contribution is -2.03. The molecule has 0 saturated heterocycles. The van der Waals surface area contributed by atoms with Crippen LogP contribution in [0.1, 0.15) is 23.6 Å². The van der Waals surface area contributed by atoms with Gasteiger partial charge in [-0.05, 0) is 25.5 Å². The number of nitrogens with two attached hydrogens (primary N) is 1. The SMILES string of the molecule is Cc1ccccc1OC(C)c1nnc(N)s1. The van der Waals surface area contributed by atoms with Crippen molar-refractivity contribution in [2.45, 2.75) is 20.0 Å². The highest BCUT2D eigenvalue weighted by Crippen LogP contribution is 2.26. The molecule has 84 valence electrons. The molecule has 0 aliphatic heterocycles. The van der Waals surface area contributed by atoms with E-state index in [0.29, 0.717) is 5.13 Å². The van der Waals surface area contributed by atoms with Crippen molar-refractivity contribution < 1.29 is 4.74 Å². The molecule has 2 rings (SSSR count). The minimum absolute atomic E-state index is 0.129. The van der Waals surface area contributed by atoms with Gasteiger partial charge in [0.1, 0.15) is 11.9 Å². The van der Waals surface area contributed by atoms with Gasteiger partial charge in [-0.1, -0.05) is 29.5 Å². The van der Waals surface area contributed by atoms with Gasteiger partial charge in [0.05, 0.1) is 0 Å². The quantitative estimate of drug-likeness (QED) is 0.888. The monoisotopic (exact) mass is 235 g/mol. The number of rotatable bonds is 3. The lowest BCUT2D eigenvalue weighted by molar-refractivity contribution is 0.224. The Morgan fingerprint density at radius 2 is 2.06 bits per heavy atom. The zero-order valence-electron chi connectivity index (χ0n) is 9.18. The Morgan fingerprint density at radius 3 is 2.69 bits per heavy atom. The summed E-state index contributed by atoms with van der Waals surface area (Å²) in [6.45, 7) is 3.95. The maximum Gasteiger partial charge on any atom is 0.203 e. The normalized spacial score (nSPS) is 12.4. The molecular weight excluding hydrogens is 222 g/mol. The molecule has 0 fully saturated rings. The number of anilines is 1. The van der Waals surface area contributed by atoms with E-state index >= 15 is 0 Å². The van der Waals surface area contributed by atoms with Crippen LogP contribution in [0.5, 0.6) is 5.75 Å². The first kappa shape index (κ1) is 10.9. The van der Waals surface area contributed by atoms with Gasteiger partial charge < -0.3 is 10.5 Å². The van der Waals surface area contributed by atoms with Gasteiger partial charge in [-0.15, -0.1) is 10.2 Å². The highest BCUT2D eigenvalue weighted by molar-refractivity contribution is 7.15. The zero-order valence-corrected chi connectivity index (χ0v) is 9.99. The summed E-state index contributed by atoms with van der Waals surface area (Å²) in [5, 5.41) is 8.99. The van der Waals surface area contributed by atoms with E-state index in [1.165, 1.54) is 11.3 Å². The van der Waals surface area contributed by atoms with E-state index in [9.17, 15) is 0 Å². The van der Waals surface area contributed by atoms with Gasteiger partial charge in [0.25, 0.3) is 0 Å². The number of nitrogen functional groups attached to an aromatic ring is 1. The Balaban J connectivity index is 2.13. The molecule has 4 nitrogen and oxygen atoms in total. The van der Waals surface area contributed by atoms with Crippen molar-refractivity contribution >= 4 is 16.5 Å². The zero-order chi connectivity index (χ0) is 11.5. The highest BCUT2D eigenvalue weighted by atomic mass is 32.1. The van der Waals surface area contributed by atoms with E-state index in [4.69, 9.17) is 10.5 Å². The third-order valence-corrected chi connectivity index (χ3v) is 3.11. The molecule has 0 aliphatic carbocycles. The van der Waals surface area contributed by atoms with Crippen molar-refractivity contribution in [3.63, 3.8) is 0 Å². The standard InChI is InChI=1S/C11H13N3OS/c1-7-5-3-4-6-9(7)15-8(2)10-13-14-11(12)16-10/h3-6,8H,1-2H3,(H2,12,14). The van der Waals surface area contributed by atoms with Crippen molar-refractivity contribution in [3.05, 3.63) is 34.8 Å². The Morgan fingerprint density at radius 1 is 1.31 bits per heavy atom. The van der Waals surface area contributed by atoms with E-state index in [1.807, 2.05) is 38.1 Å². The molecule has 0 radical (unpaired) electrons. The van der Waals surface area contributed by atoms with Crippen LogP contribution in [-0.4, -0.2) is 10.2 Å². The number of hydrogen-bond acceptors (Lipinski definition) is 5. The van der Waals surface area contributed by atoms with Crippen molar-refractivity contribution in [2.24, 2.45) is 0 Å². The molecule has 0 aliphatic rings. The summed E-state index contributed by atoms with van der Waals surface area (Å²) < 4.78 is 5.80. The van der Waals surface area contributed by atoms with Crippen LogP contribution >= 0.6 is 11.3 Å². The molecule has 2 N–H and O–H groups in total. The Bertz CT molecular complexity index is 484. The fraction of sp³-hybridized carbons (Fsp3) is 0.273. The molecular formula is C11H13N3OS. The molecule has 1 heterocycles. The second kappa shape index (κ2) is 4.49. The highest BCUT2D eigenvalue weighted by Gasteiger charge is 2.13. The fourth-order valence-electron chi connectivity index (χ4n) is 1.34. The number of hydrogen-bond donors (Lipinski definition) is 1. The molecule has 1 aromatic carbocycles. The summed E-state index contributed by atoms with van der Waals surface area (Å²) in [6.07, 6.45) is -0.129. The van der Waals surface area contributed by atoms with Gasteiger partial charge >= 0.3 is 0 Å². The van der Waals surface area contributed by atoms with E-state index in [2.05, 4.69) is 10.2 Å². The second-order valence-corrected chi connectivity index (χ2v) is 4.54. The van der Waals surface area contributed by atoms with Gasteiger partial charge in [0.15, 0.2) is 5.01 Å². The largest absolute Gasteiger partial charge is 0.483 e. The summed E-state index contributed by atoms with van der Waals surface area (Å²) in [5.74, 6) is 0.865. The summed E-state index contributed by atoms with van der Waals surface area (Å²) in [6, 6.07) is 7.88. The molecule has 0 spiro atoms. The lowest BCUT2D eigenvalue weighted by Gasteiger charge is -2.13. The number of aromatic nitrogens is 2. The summed E-state index contributed by atoms with van der Waals surface area (Å²) >= 11 is 1.35. The molecule has 0 amide bonds. The lowest BCUT2D eigenvalue weighted by atomic mass is 10.2. The molecule has 1 unspecified atom stereocenters. The average Bonchev–Trinajstić information content (AvgIpc) is 2.68. The van der Waals surface area contributed by atoms with Crippen LogP contribution in [0.3, 0.4) is 0 Å². The fourth-order valence-corrected chi connectivity index (χ4v) is 1.93. The van der Waals surface area contributed by atoms with Gasteiger partial charge in [-0.3, -0.25) is 0 Å². The maximum absolute atomic E-state index is 5.80. The van der Waals surface area contributed by atoms with E-state index in [1.54, 1.807) is 0 Å². The predicted molar refractivity (Wildman–Crippen MR) is 64.5 cm³/mol. The third kappa shape index (κ3) is 2.30. The first-order valence-corrected chi connectivity index (χ1v) is 5.79. The molecule has 5 heteroatoms. The number of benzene rings is 1. The van der Waals surface area contributed by atoms with Crippen LogP contribution in [0, 0.1) is 6.92 Å². The van der Waals surface area contributed by atoms with Crippen LogP contribution in [-0.2, 0) is 0 Å². The average molecular weight is 235 g/mol. The first-order chi connectivity index (χ1) is 7.66. The third-order valence-electron chi connectivity index (χ3n) is 2.20. The molecule has 0 bridgehead atoms. The van der Waals surface area contributed by atoms with Gasteiger partial charge in [0, 0.05) is 0 Å². The summed E-state index contributed by atoms with van der Waals surface area (Å²) in [4.78, 5) is 0. The minimum atomic E-state index is -0.129. The van der Waals surface area contributed by atoms with Crippen molar-refractivity contribution in [1.82, 2.24) is 10.2 Å². The Hall–Kier alpha value is -1.62. The molecule has 16 heavy (non-hydrogen) atoms. The number of aryl methyl sites for hydroxylation is 1. The first-order valence-electron chi connectivity index (χ1n) is 4.98. The van der Waals surface area contributed by atoms with E-state index < -0.39 is 0 Å². The maximum atomic E-state index is 5.80. The number of ether oxygens (including phenoxy) is 1. The Kier molecular flexibility index (Phi) is 3.05. The van der Waals surface area contributed by atoms with Crippen LogP contribution < -0.4 is 10.5 Å². The van der Waals surface area contributed by atoms with E-state index in [0.717, 1.165) is 16.3 Å². The molecule has 1 atom stereocenters. The smallest absolute Gasteiger partial charge is 0.203 e. The van der Waals surface area contributed by atoms with Crippen LogP contribution in [0.15, 0.2) is 24.3 Å². The Labute approximate surface area is 98.1 Å². The minimum Gasteiger partial charge on any atom is -0.483 e. The molecule has 2 aromatic rings. The van der Waals surface area contributed by atoms with Crippen molar-refractivity contribution in [3.8, 4) is 5.75 Å². The van der Waals surface area contributed by atoms with Crippen LogP contribution in [0.25, 0.3) is 0 Å². The molecule has 1 aromatic heterocycles. The second-order valence-electron chi connectivity index (χ2n) is 3.50. The van der Waals surface area contributed by atoms with E-state index in [-0.39, 0.29) is 6.10 Å². The van der Waals surface area contributed by atoms with Gasteiger partial charge in [0.2, 0.25) is 5.13 Å². The summed E-state index contributed by atoms with van der Waals surface area (Å²) in [7, 11) is 0. The van der Waals surface area contributed by atoms with Crippen LogP contribution in [0.2, 0.25) is 0 Å². The van der Waals surface area contributed by atoms with Crippen molar-refractivity contribution in [1.29, 1.82) is 0 Å². The number of nitrogens with zero attached hydrogens (tertiary/aromatic N) is 2. The number of para-hydroxylation sites is 1. The topological polar surface area (TPSA) is 61.0 Å². The van der Waals surface area contributed by atoms with Gasteiger partial charge in [-0.25, -0.2) is 0 Å².